The highest BCUT2D eigenvalue weighted by molar-refractivity contribution is 5.85. The number of carboxylic acids is 1. The molecule has 0 radical (unpaired) electrons. The van der Waals surface area contributed by atoms with Crippen LogP contribution in [0, 0.1) is 0 Å². The Morgan fingerprint density at radius 1 is 1.58 bits per heavy atom. The summed E-state index contributed by atoms with van der Waals surface area (Å²) in [5.41, 5.74) is 10.7. The molecule has 1 amide bonds. The quantitative estimate of drug-likeness (QED) is 0.204. The largest absolute Gasteiger partial charge is 0.478 e. The summed E-state index contributed by atoms with van der Waals surface area (Å²) < 4.78 is 31.8. The first-order chi connectivity index (χ1) is 12.4. The highest BCUT2D eigenvalue weighted by Crippen LogP contribution is 2.26. The SMILES string of the molecule is [2H]C([2H])([2H])O[C@@H]([C@@H]1OC(C(=O)O)=C[C@H](N=C(N)N)[C@H]1NC(C)=O)[C@H](O)CO. The molecule has 0 fully saturated rings. The number of guanidine groups is 1. The molecule has 1 aliphatic rings. The molecule has 1 rings (SSSR count). The third kappa shape index (κ3) is 4.81. The number of hydrogen-bond acceptors (Lipinski definition) is 7. The average Bonchev–Trinajstić information content (AvgIpc) is 2.51. The van der Waals surface area contributed by atoms with Crippen LogP contribution >= 0.6 is 0 Å². The minimum absolute atomic E-state index is 0.437. The molecule has 136 valence electrons. The number of hydrogen-bond donors (Lipinski definition) is 6. The van der Waals surface area contributed by atoms with Gasteiger partial charge in [-0.3, -0.25) is 4.79 Å². The minimum Gasteiger partial charge on any atom is -0.478 e. The number of nitrogens with one attached hydrogen (secondary N) is 1. The Morgan fingerprint density at radius 2 is 2.25 bits per heavy atom. The van der Waals surface area contributed by atoms with Crippen LogP contribution in [-0.4, -0.2) is 77.2 Å². The average molecular weight is 349 g/mol. The third-order valence-electron chi connectivity index (χ3n) is 3.21. The molecule has 0 aromatic heterocycles. The first-order valence-corrected chi connectivity index (χ1v) is 6.80. The van der Waals surface area contributed by atoms with Crippen LogP contribution in [-0.2, 0) is 19.1 Å². The zero-order chi connectivity index (χ0) is 20.9. The van der Waals surface area contributed by atoms with E-state index in [0.29, 0.717) is 0 Å². The molecule has 0 bridgehead atoms. The van der Waals surface area contributed by atoms with Gasteiger partial charge in [-0.1, -0.05) is 0 Å². The van der Waals surface area contributed by atoms with E-state index in [2.05, 4.69) is 10.3 Å². The number of methoxy groups -OCH3 is 1. The zero-order valence-electron chi connectivity index (χ0n) is 15.7. The van der Waals surface area contributed by atoms with Gasteiger partial charge in [0.15, 0.2) is 12.1 Å². The van der Waals surface area contributed by atoms with Crippen LogP contribution in [0.3, 0.4) is 0 Å². The normalized spacial score (nSPS) is 28.0. The smallest absolute Gasteiger partial charge is 0.370 e. The monoisotopic (exact) mass is 349 g/mol. The number of nitrogens with two attached hydrogens (primary N) is 2. The third-order valence-corrected chi connectivity index (χ3v) is 3.21. The number of aliphatic hydroxyl groups is 2. The highest BCUT2D eigenvalue weighted by Gasteiger charge is 2.44. The van der Waals surface area contributed by atoms with Crippen molar-refractivity contribution < 1.29 is 38.5 Å². The van der Waals surface area contributed by atoms with Crippen LogP contribution in [0.4, 0.5) is 0 Å². The van der Waals surface area contributed by atoms with Gasteiger partial charge >= 0.3 is 5.97 Å². The Labute approximate surface area is 142 Å². The molecule has 0 aromatic rings. The molecule has 8 N–H and O–H groups in total. The second-order valence-corrected chi connectivity index (χ2v) is 5.02. The zero-order valence-corrected chi connectivity index (χ0v) is 12.7. The summed E-state index contributed by atoms with van der Waals surface area (Å²) in [6.45, 7) is 0.217. The van der Waals surface area contributed by atoms with Crippen LogP contribution in [0.15, 0.2) is 16.8 Å². The predicted octanol–water partition coefficient (Wildman–Crippen LogP) is -3.13. The number of carboxylic acid groups (broad SMARTS) is 1. The lowest BCUT2D eigenvalue weighted by atomic mass is 9.92. The van der Waals surface area contributed by atoms with Gasteiger partial charge in [0.25, 0.3) is 0 Å². The molecule has 0 aliphatic carbocycles. The molecule has 5 atom stereocenters. The van der Waals surface area contributed by atoms with Gasteiger partial charge in [-0.15, -0.1) is 0 Å². The number of ether oxygens (including phenoxy) is 2. The van der Waals surface area contributed by atoms with Crippen molar-refractivity contribution in [2.24, 2.45) is 16.5 Å². The molecular weight excluding hydrogens is 324 g/mol. The fourth-order valence-corrected chi connectivity index (χ4v) is 2.27. The Balaban J connectivity index is 3.46. The van der Waals surface area contributed by atoms with Crippen molar-refractivity contribution in [2.45, 2.75) is 37.3 Å². The Hall–Kier alpha value is -2.37. The van der Waals surface area contributed by atoms with Crippen LogP contribution in [0.1, 0.15) is 11.0 Å². The van der Waals surface area contributed by atoms with Crippen LogP contribution < -0.4 is 16.8 Å². The fraction of sp³-hybridized carbons (Fsp3) is 0.615. The number of aliphatic carboxylic acids is 1. The van der Waals surface area contributed by atoms with E-state index in [9.17, 15) is 24.9 Å². The van der Waals surface area contributed by atoms with Gasteiger partial charge in [-0.25, -0.2) is 9.79 Å². The maximum absolute atomic E-state index is 11.6. The van der Waals surface area contributed by atoms with E-state index in [0.717, 1.165) is 13.0 Å². The minimum atomic E-state index is -3.03. The lowest BCUT2D eigenvalue weighted by Crippen LogP contribution is -2.60. The lowest BCUT2D eigenvalue weighted by Gasteiger charge is -2.39. The van der Waals surface area contributed by atoms with Crippen molar-refractivity contribution in [1.29, 1.82) is 0 Å². The maximum atomic E-state index is 11.6. The van der Waals surface area contributed by atoms with E-state index >= 15 is 0 Å². The van der Waals surface area contributed by atoms with Crippen molar-refractivity contribution in [3.8, 4) is 0 Å². The molecule has 0 spiro atoms. The number of nitrogens with zero attached hydrogens (tertiary/aromatic N) is 1. The topological polar surface area (TPSA) is 190 Å². The Morgan fingerprint density at radius 3 is 2.71 bits per heavy atom. The summed E-state index contributed by atoms with van der Waals surface area (Å²) in [6.07, 6.45) is -4.07. The second kappa shape index (κ2) is 8.47. The van der Waals surface area contributed by atoms with Crippen molar-refractivity contribution in [2.75, 3.05) is 13.6 Å². The van der Waals surface area contributed by atoms with E-state index in [1.54, 1.807) is 0 Å². The first-order valence-electron chi connectivity index (χ1n) is 8.30. The van der Waals surface area contributed by atoms with E-state index in [-0.39, 0.29) is 0 Å². The van der Waals surface area contributed by atoms with Gasteiger partial charge in [-0.2, -0.15) is 0 Å². The molecule has 0 unspecified atom stereocenters. The van der Waals surface area contributed by atoms with Crippen molar-refractivity contribution in [3.05, 3.63) is 11.8 Å². The number of aliphatic imine (C=N–C) groups is 1. The molecule has 0 aromatic carbocycles. The Kier molecular flexibility index (Phi) is 5.36. The van der Waals surface area contributed by atoms with Crippen LogP contribution in [0.5, 0.6) is 0 Å². The van der Waals surface area contributed by atoms with E-state index in [1.165, 1.54) is 0 Å². The summed E-state index contributed by atoms with van der Waals surface area (Å²) >= 11 is 0. The van der Waals surface area contributed by atoms with Gasteiger partial charge in [-0.05, 0) is 6.08 Å². The summed E-state index contributed by atoms with van der Waals surface area (Å²) in [5.74, 6) is -3.21. The van der Waals surface area contributed by atoms with E-state index in [4.69, 9.17) is 25.1 Å². The number of rotatable bonds is 7. The van der Waals surface area contributed by atoms with E-state index in [1.807, 2.05) is 0 Å². The molecule has 0 saturated heterocycles. The van der Waals surface area contributed by atoms with Crippen LogP contribution in [0.25, 0.3) is 0 Å². The number of carbonyl (C=O) groups excluding carboxylic acids is 1. The molecule has 1 aliphatic heterocycles. The molecule has 11 heteroatoms. The van der Waals surface area contributed by atoms with Gasteiger partial charge in [0.05, 0.1) is 22.8 Å². The van der Waals surface area contributed by atoms with E-state index < -0.39 is 67.6 Å². The summed E-state index contributed by atoms with van der Waals surface area (Å²) in [6, 6.07) is -2.38. The molecule has 1 heterocycles. The first kappa shape index (κ1) is 15.2. The Bertz CT molecular complexity index is 622. The van der Waals surface area contributed by atoms with Gasteiger partial charge in [0, 0.05) is 14.0 Å². The van der Waals surface area contributed by atoms with Crippen molar-refractivity contribution in [3.63, 3.8) is 0 Å². The number of amides is 1. The lowest BCUT2D eigenvalue weighted by molar-refractivity contribution is -0.149. The fourth-order valence-electron chi connectivity index (χ4n) is 2.27. The summed E-state index contributed by atoms with van der Waals surface area (Å²) in [5, 5.41) is 30.9. The van der Waals surface area contributed by atoms with Gasteiger partial charge in [0.1, 0.15) is 12.2 Å². The van der Waals surface area contributed by atoms with Crippen molar-refractivity contribution in [1.82, 2.24) is 5.32 Å². The standard InChI is InChI=1S/C13H22N4O7/c1-5(19)16-9-6(17-13(14)15)3-8(12(21)22)24-11(9)10(23-2)7(20)4-18/h3,6-7,9-11,18,20H,4H2,1-2H3,(H,16,19)(H,21,22)(H4,14,15,17)/t6-,7+,9+,10+,11+/m0/s1/i2D3. The molecular formula is C13H22N4O7. The van der Waals surface area contributed by atoms with Crippen LogP contribution in [0.2, 0.25) is 0 Å². The number of carbonyl (C=O) groups is 2. The number of aliphatic hydroxyl groups excluding tert-OH is 2. The van der Waals surface area contributed by atoms with Gasteiger partial charge in [0.2, 0.25) is 11.7 Å². The van der Waals surface area contributed by atoms with Crippen molar-refractivity contribution >= 4 is 17.8 Å². The maximum Gasteiger partial charge on any atom is 0.370 e. The summed E-state index contributed by atoms with van der Waals surface area (Å²) in [4.78, 5) is 26.7. The summed E-state index contributed by atoms with van der Waals surface area (Å²) in [7, 11) is -3.03. The second-order valence-electron chi connectivity index (χ2n) is 5.02. The predicted molar refractivity (Wildman–Crippen MR) is 81.7 cm³/mol. The molecule has 11 nitrogen and oxygen atoms in total. The molecule has 24 heavy (non-hydrogen) atoms. The van der Waals surface area contributed by atoms with Gasteiger partial charge < -0.3 is 41.6 Å². The highest BCUT2D eigenvalue weighted by atomic mass is 16.6. The molecule has 0 saturated carbocycles.